The van der Waals surface area contributed by atoms with Gasteiger partial charge in [0.15, 0.2) is 17.0 Å². The van der Waals surface area contributed by atoms with E-state index >= 15 is 0 Å². The van der Waals surface area contributed by atoms with E-state index in [1.165, 1.54) is 6.92 Å². The Morgan fingerprint density at radius 1 is 1.28 bits per heavy atom. The number of nitrogens with zero attached hydrogens (tertiary/aromatic N) is 4. The lowest BCUT2D eigenvalue weighted by molar-refractivity contribution is -0.131. The van der Waals surface area contributed by atoms with Crippen LogP contribution in [0.5, 0.6) is 5.75 Å². The fourth-order valence-electron chi connectivity index (χ4n) is 3.37. The summed E-state index contributed by atoms with van der Waals surface area (Å²) in [6.07, 6.45) is 4.65. The maximum atomic E-state index is 14.1. The van der Waals surface area contributed by atoms with E-state index in [0.717, 1.165) is 31.2 Å². The van der Waals surface area contributed by atoms with E-state index in [0.29, 0.717) is 35.9 Å². The van der Waals surface area contributed by atoms with Gasteiger partial charge in [-0.1, -0.05) is 18.6 Å². The largest absolute Gasteiger partial charge is 0.427 e. The minimum atomic E-state index is -0.819. The van der Waals surface area contributed by atoms with Crippen molar-refractivity contribution in [1.29, 1.82) is 0 Å². The van der Waals surface area contributed by atoms with Crippen molar-refractivity contribution >= 4 is 23.0 Å². The minimum absolute atomic E-state index is 0.196. The molecule has 1 aliphatic heterocycles. The third-order valence-electron chi connectivity index (χ3n) is 4.75. The first kappa shape index (κ1) is 19.3. The van der Waals surface area contributed by atoms with Crippen LogP contribution in [0, 0.1) is 6.08 Å². The number of fused-ring (bicyclic) bond motifs is 1. The van der Waals surface area contributed by atoms with Crippen molar-refractivity contribution in [2.24, 2.45) is 0 Å². The molecule has 1 fully saturated rings. The standard InChI is InChI=1S/C20H22FN5O3/c1-13(27)29-15-8-6-14(7-9-15)11-22-18-17-19(25-20(21)24-18)26(12-23-17)16-5-3-2-4-10-28-16/h6-9,12,16H,2-5,10-11H2,1H3,(H,22,24,25). The molecule has 1 aliphatic rings. The molecule has 0 saturated carbocycles. The molecule has 2 aromatic heterocycles. The van der Waals surface area contributed by atoms with Gasteiger partial charge in [-0.15, -0.1) is 0 Å². The van der Waals surface area contributed by atoms with Crippen molar-refractivity contribution in [3.63, 3.8) is 0 Å². The molecular formula is C20H22FN5O3. The van der Waals surface area contributed by atoms with Gasteiger partial charge in [0, 0.05) is 20.1 Å². The summed E-state index contributed by atoms with van der Waals surface area (Å²) in [4.78, 5) is 23.2. The number of carbonyl (C=O) groups excluding carboxylic acids is 1. The van der Waals surface area contributed by atoms with E-state index in [1.807, 2.05) is 12.1 Å². The smallest absolute Gasteiger partial charge is 0.312 e. The maximum absolute atomic E-state index is 14.1. The van der Waals surface area contributed by atoms with Crippen molar-refractivity contribution in [3.05, 3.63) is 42.2 Å². The molecule has 0 radical (unpaired) electrons. The zero-order valence-corrected chi connectivity index (χ0v) is 16.1. The second-order valence-electron chi connectivity index (χ2n) is 6.93. The second-order valence-corrected chi connectivity index (χ2v) is 6.93. The molecule has 1 saturated heterocycles. The summed E-state index contributed by atoms with van der Waals surface area (Å²) in [5.41, 5.74) is 1.83. The number of imidazole rings is 1. The van der Waals surface area contributed by atoms with Crippen LogP contribution in [0.2, 0.25) is 0 Å². The fraction of sp³-hybridized carbons (Fsp3) is 0.400. The van der Waals surface area contributed by atoms with E-state index in [9.17, 15) is 9.18 Å². The van der Waals surface area contributed by atoms with Crippen LogP contribution in [0.15, 0.2) is 30.6 Å². The zero-order valence-electron chi connectivity index (χ0n) is 16.1. The highest BCUT2D eigenvalue weighted by Gasteiger charge is 2.20. The number of benzene rings is 1. The summed E-state index contributed by atoms with van der Waals surface area (Å²) in [6.45, 7) is 2.43. The van der Waals surface area contributed by atoms with Crippen LogP contribution in [0.1, 0.15) is 44.4 Å². The molecule has 0 amide bonds. The Morgan fingerprint density at radius 3 is 2.90 bits per heavy atom. The number of aromatic nitrogens is 4. The van der Waals surface area contributed by atoms with Crippen LogP contribution in [0.25, 0.3) is 11.2 Å². The number of nitrogens with one attached hydrogen (secondary N) is 1. The van der Waals surface area contributed by atoms with Gasteiger partial charge in [-0.25, -0.2) is 4.98 Å². The van der Waals surface area contributed by atoms with Gasteiger partial charge >= 0.3 is 12.0 Å². The van der Waals surface area contributed by atoms with Gasteiger partial charge in [-0.05, 0) is 37.0 Å². The highest BCUT2D eigenvalue weighted by molar-refractivity contribution is 5.82. The molecular weight excluding hydrogens is 377 g/mol. The molecule has 152 valence electrons. The van der Waals surface area contributed by atoms with Crippen molar-refractivity contribution in [3.8, 4) is 5.75 Å². The first-order valence-corrected chi connectivity index (χ1v) is 9.63. The fourth-order valence-corrected chi connectivity index (χ4v) is 3.37. The molecule has 1 N–H and O–H groups in total. The van der Waals surface area contributed by atoms with Gasteiger partial charge in [-0.2, -0.15) is 14.4 Å². The van der Waals surface area contributed by atoms with Gasteiger partial charge in [0.25, 0.3) is 0 Å². The van der Waals surface area contributed by atoms with Crippen LogP contribution in [0.3, 0.4) is 0 Å². The van der Waals surface area contributed by atoms with E-state index < -0.39 is 6.08 Å². The Bertz CT molecular complexity index is 997. The second kappa shape index (κ2) is 8.52. The molecule has 1 atom stereocenters. The number of esters is 1. The Balaban J connectivity index is 1.53. The Hall–Kier alpha value is -3.07. The van der Waals surface area contributed by atoms with Crippen molar-refractivity contribution < 1.29 is 18.7 Å². The predicted octanol–water partition coefficient (Wildman–Crippen LogP) is 3.59. The number of carbonyl (C=O) groups is 1. The maximum Gasteiger partial charge on any atom is 0.312 e. The molecule has 9 heteroatoms. The van der Waals surface area contributed by atoms with E-state index in [4.69, 9.17) is 9.47 Å². The predicted molar refractivity (Wildman–Crippen MR) is 104 cm³/mol. The quantitative estimate of drug-likeness (QED) is 0.398. The first-order chi connectivity index (χ1) is 14.1. The first-order valence-electron chi connectivity index (χ1n) is 9.63. The summed E-state index contributed by atoms with van der Waals surface area (Å²) in [7, 11) is 0. The minimum Gasteiger partial charge on any atom is -0.427 e. The highest BCUT2D eigenvalue weighted by Crippen LogP contribution is 2.27. The van der Waals surface area contributed by atoms with E-state index in [1.54, 1.807) is 23.0 Å². The third-order valence-corrected chi connectivity index (χ3v) is 4.75. The molecule has 1 aromatic carbocycles. The van der Waals surface area contributed by atoms with Crippen LogP contribution in [-0.4, -0.2) is 32.1 Å². The zero-order chi connectivity index (χ0) is 20.2. The number of hydrogen-bond acceptors (Lipinski definition) is 7. The molecule has 29 heavy (non-hydrogen) atoms. The average Bonchev–Trinajstić information content (AvgIpc) is 2.93. The molecule has 3 heterocycles. The summed E-state index contributed by atoms with van der Waals surface area (Å²) >= 11 is 0. The van der Waals surface area contributed by atoms with Crippen LogP contribution >= 0.6 is 0 Å². The Morgan fingerprint density at radius 2 is 2.10 bits per heavy atom. The van der Waals surface area contributed by atoms with Gasteiger partial charge < -0.3 is 14.8 Å². The van der Waals surface area contributed by atoms with Crippen LogP contribution in [0.4, 0.5) is 10.2 Å². The summed E-state index contributed by atoms with van der Waals surface area (Å²) in [6, 6.07) is 7.04. The van der Waals surface area contributed by atoms with Gasteiger partial charge in [0.05, 0.1) is 6.33 Å². The van der Waals surface area contributed by atoms with E-state index in [2.05, 4.69) is 20.3 Å². The molecule has 1 unspecified atom stereocenters. The van der Waals surface area contributed by atoms with Crippen molar-refractivity contribution in [1.82, 2.24) is 19.5 Å². The monoisotopic (exact) mass is 399 g/mol. The van der Waals surface area contributed by atoms with Gasteiger partial charge in [0.2, 0.25) is 0 Å². The molecule has 0 spiro atoms. The molecule has 3 aromatic rings. The van der Waals surface area contributed by atoms with Gasteiger partial charge in [0.1, 0.15) is 12.0 Å². The number of anilines is 1. The summed E-state index contributed by atoms with van der Waals surface area (Å²) < 4.78 is 26.8. The summed E-state index contributed by atoms with van der Waals surface area (Å²) in [5.74, 6) is 0.422. The lowest BCUT2D eigenvalue weighted by Crippen LogP contribution is -2.12. The van der Waals surface area contributed by atoms with Gasteiger partial charge in [-0.3, -0.25) is 9.36 Å². The van der Waals surface area contributed by atoms with Crippen molar-refractivity contribution in [2.45, 2.75) is 45.4 Å². The highest BCUT2D eigenvalue weighted by atomic mass is 19.1. The Kier molecular flexibility index (Phi) is 5.66. The number of hydrogen-bond donors (Lipinski definition) is 1. The number of ether oxygens (including phenoxy) is 2. The average molecular weight is 399 g/mol. The van der Waals surface area contributed by atoms with Crippen molar-refractivity contribution in [2.75, 3.05) is 11.9 Å². The Labute approximate surface area is 167 Å². The summed E-state index contributed by atoms with van der Waals surface area (Å²) in [5, 5.41) is 3.12. The lowest BCUT2D eigenvalue weighted by atomic mass is 10.2. The normalized spacial score (nSPS) is 17.1. The molecule has 8 nitrogen and oxygen atoms in total. The lowest BCUT2D eigenvalue weighted by Gasteiger charge is -2.17. The van der Waals surface area contributed by atoms with Crippen LogP contribution < -0.4 is 10.1 Å². The molecule has 4 rings (SSSR count). The number of rotatable bonds is 5. The van der Waals surface area contributed by atoms with E-state index in [-0.39, 0.29) is 12.2 Å². The number of halogens is 1. The molecule has 0 aliphatic carbocycles. The SMILES string of the molecule is CC(=O)Oc1ccc(CNc2nc(F)nc3c2ncn3C2CCCCCO2)cc1. The van der Waals surface area contributed by atoms with Crippen LogP contribution in [-0.2, 0) is 16.1 Å². The third kappa shape index (κ3) is 4.51. The molecule has 0 bridgehead atoms. The topological polar surface area (TPSA) is 91.2 Å².